The lowest BCUT2D eigenvalue weighted by molar-refractivity contribution is -0.141. The van der Waals surface area contributed by atoms with E-state index in [-0.39, 0.29) is 47.3 Å². The Morgan fingerprint density at radius 3 is 2.11 bits per heavy atom. The largest absolute Gasteiger partial charge is 0.354 e. The molecule has 2 saturated carbocycles. The Morgan fingerprint density at radius 1 is 1.04 bits per heavy atom. The quantitative estimate of drug-likeness (QED) is 0.609. The van der Waals surface area contributed by atoms with Crippen LogP contribution in [-0.4, -0.2) is 35.7 Å². The Labute approximate surface area is 161 Å². The lowest BCUT2D eigenvalue weighted by atomic mass is 9.70. The van der Waals surface area contributed by atoms with E-state index in [0.29, 0.717) is 24.4 Å². The smallest absolute Gasteiger partial charge is 0.233 e. The summed E-state index contributed by atoms with van der Waals surface area (Å²) in [5.74, 6) is 1.000. The molecule has 4 rings (SSSR count). The molecule has 1 N–H and O–H groups in total. The van der Waals surface area contributed by atoms with E-state index < -0.39 is 0 Å². The van der Waals surface area contributed by atoms with Gasteiger partial charge in [-0.25, -0.2) is 0 Å². The fourth-order valence-electron chi connectivity index (χ4n) is 5.84. The minimum Gasteiger partial charge on any atom is -0.354 e. The molecule has 0 aromatic carbocycles. The van der Waals surface area contributed by atoms with Gasteiger partial charge in [-0.3, -0.25) is 19.3 Å². The van der Waals surface area contributed by atoms with Crippen LogP contribution in [0.25, 0.3) is 0 Å². The second-order valence-electron chi connectivity index (χ2n) is 10.0. The van der Waals surface area contributed by atoms with Crippen molar-refractivity contribution in [1.82, 2.24) is 10.2 Å². The van der Waals surface area contributed by atoms with Crippen LogP contribution in [-0.2, 0) is 14.4 Å². The zero-order valence-corrected chi connectivity index (χ0v) is 16.7. The molecule has 5 heteroatoms. The Balaban J connectivity index is 1.24. The van der Waals surface area contributed by atoms with E-state index in [1.54, 1.807) is 0 Å². The first kappa shape index (κ1) is 18.7. The number of likely N-dealkylation sites (tertiary alicyclic amines) is 1. The van der Waals surface area contributed by atoms with Crippen LogP contribution in [0.1, 0.15) is 52.9 Å². The zero-order chi connectivity index (χ0) is 19.3. The Morgan fingerprint density at radius 2 is 1.59 bits per heavy atom. The summed E-state index contributed by atoms with van der Waals surface area (Å²) in [7, 11) is 0. The van der Waals surface area contributed by atoms with Crippen molar-refractivity contribution in [3.05, 3.63) is 12.2 Å². The van der Waals surface area contributed by atoms with Crippen molar-refractivity contribution >= 4 is 17.7 Å². The summed E-state index contributed by atoms with van der Waals surface area (Å²) >= 11 is 0. The second-order valence-corrected chi connectivity index (χ2v) is 10.0. The summed E-state index contributed by atoms with van der Waals surface area (Å²) in [6.45, 7) is 7.52. The van der Waals surface area contributed by atoms with Crippen LogP contribution < -0.4 is 5.32 Å². The van der Waals surface area contributed by atoms with Crippen molar-refractivity contribution in [3.63, 3.8) is 0 Å². The summed E-state index contributed by atoms with van der Waals surface area (Å²) in [5.41, 5.74) is 0.310. The van der Waals surface area contributed by atoms with Crippen LogP contribution >= 0.6 is 0 Å². The molecule has 148 valence electrons. The number of nitrogens with one attached hydrogen (secondary N) is 1. The molecule has 3 aliphatic carbocycles. The van der Waals surface area contributed by atoms with Crippen molar-refractivity contribution in [2.45, 2.75) is 52.9 Å². The van der Waals surface area contributed by atoms with Gasteiger partial charge >= 0.3 is 0 Å². The van der Waals surface area contributed by atoms with Crippen LogP contribution in [0.3, 0.4) is 0 Å². The van der Waals surface area contributed by atoms with Crippen LogP contribution in [0.2, 0.25) is 0 Å². The van der Waals surface area contributed by atoms with E-state index in [0.717, 1.165) is 32.1 Å². The van der Waals surface area contributed by atoms with Gasteiger partial charge in [-0.15, -0.1) is 0 Å². The molecule has 5 nitrogen and oxygen atoms in total. The third kappa shape index (κ3) is 3.23. The van der Waals surface area contributed by atoms with Crippen LogP contribution in [0.15, 0.2) is 12.2 Å². The molecule has 1 heterocycles. The molecule has 2 bridgehead atoms. The Hall–Kier alpha value is -1.65. The molecule has 4 atom stereocenters. The maximum absolute atomic E-state index is 12.7. The average Bonchev–Trinajstić information content (AvgIpc) is 3.30. The summed E-state index contributed by atoms with van der Waals surface area (Å²) in [6.07, 6.45) is 9.25. The van der Waals surface area contributed by atoms with Gasteiger partial charge in [-0.2, -0.15) is 0 Å². The molecule has 4 aliphatic rings. The average molecular weight is 373 g/mol. The molecule has 1 saturated heterocycles. The van der Waals surface area contributed by atoms with E-state index in [1.165, 1.54) is 4.90 Å². The lowest BCUT2D eigenvalue weighted by Crippen LogP contribution is -2.42. The van der Waals surface area contributed by atoms with Gasteiger partial charge in [0.1, 0.15) is 0 Å². The number of amides is 3. The molecule has 27 heavy (non-hydrogen) atoms. The van der Waals surface area contributed by atoms with Gasteiger partial charge in [-0.05, 0) is 55.3 Å². The highest BCUT2D eigenvalue weighted by Crippen LogP contribution is 2.52. The predicted octanol–water partition coefficient (Wildman–Crippen LogP) is 2.76. The van der Waals surface area contributed by atoms with Crippen molar-refractivity contribution in [3.8, 4) is 0 Å². The molecular formula is C22H32N2O3. The number of fused-ring (bicyclic) bond motifs is 5. The number of allylic oxidation sites excluding steroid dienone is 2. The summed E-state index contributed by atoms with van der Waals surface area (Å²) in [4.78, 5) is 39.2. The van der Waals surface area contributed by atoms with E-state index in [2.05, 4.69) is 38.2 Å². The normalized spacial score (nSPS) is 37.8. The SMILES string of the molecule is CC(C)(C)C1CCC(C(=O)NCCN2C(=O)[C@H]3[C@H](C2=O)[C@H]2C=C[C@H]3C2)CC1. The van der Waals surface area contributed by atoms with Crippen LogP contribution in [0, 0.1) is 40.9 Å². The van der Waals surface area contributed by atoms with E-state index in [4.69, 9.17) is 0 Å². The minimum absolute atomic E-state index is 0.0261. The topological polar surface area (TPSA) is 66.5 Å². The first-order chi connectivity index (χ1) is 12.8. The van der Waals surface area contributed by atoms with Crippen molar-refractivity contribution in [1.29, 1.82) is 0 Å². The Kier molecular flexibility index (Phi) is 4.68. The monoisotopic (exact) mass is 372 g/mol. The standard InChI is InChI=1S/C22H32N2O3/c1-22(2,3)16-8-6-13(7-9-16)19(25)23-10-11-24-20(26)17-14-4-5-15(12-14)18(17)21(24)27/h4-5,13-18H,6-12H2,1-3H3,(H,23,25)/t13?,14-,15-,16?,17+,18+/m0/s1. The number of nitrogens with zero attached hydrogens (tertiary/aromatic N) is 1. The fraction of sp³-hybridized carbons (Fsp3) is 0.773. The highest BCUT2D eigenvalue weighted by Gasteiger charge is 2.58. The molecule has 0 aromatic heterocycles. The number of imide groups is 1. The van der Waals surface area contributed by atoms with Crippen molar-refractivity contribution < 1.29 is 14.4 Å². The van der Waals surface area contributed by atoms with Gasteiger partial charge in [0.15, 0.2) is 0 Å². The van der Waals surface area contributed by atoms with Gasteiger partial charge in [0, 0.05) is 19.0 Å². The lowest BCUT2D eigenvalue weighted by Gasteiger charge is -2.36. The number of carbonyl (C=O) groups excluding carboxylic acids is 3. The Bertz CT molecular complexity index is 640. The van der Waals surface area contributed by atoms with Crippen LogP contribution in [0.4, 0.5) is 0 Å². The molecule has 3 amide bonds. The first-order valence-electron chi connectivity index (χ1n) is 10.6. The van der Waals surface area contributed by atoms with Gasteiger partial charge in [0.25, 0.3) is 0 Å². The molecular weight excluding hydrogens is 340 g/mol. The molecule has 1 aliphatic heterocycles. The first-order valence-corrected chi connectivity index (χ1v) is 10.6. The number of hydrogen-bond acceptors (Lipinski definition) is 3. The van der Waals surface area contributed by atoms with E-state index >= 15 is 0 Å². The van der Waals surface area contributed by atoms with Gasteiger partial charge in [0.2, 0.25) is 17.7 Å². The molecule has 0 radical (unpaired) electrons. The summed E-state index contributed by atoms with van der Waals surface area (Å²) < 4.78 is 0. The second kappa shape index (κ2) is 6.75. The maximum atomic E-state index is 12.7. The minimum atomic E-state index is -0.143. The summed E-state index contributed by atoms with van der Waals surface area (Å²) in [5, 5.41) is 2.98. The predicted molar refractivity (Wildman–Crippen MR) is 102 cm³/mol. The molecule has 0 unspecified atom stereocenters. The molecule has 3 fully saturated rings. The summed E-state index contributed by atoms with van der Waals surface area (Å²) in [6, 6.07) is 0. The van der Waals surface area contributed by atoms with Crippen LogP contribution in [0.5, 0.6) is 0 Å². The van der Waals surface area contributed by atoms with Gasteiger partial charge in [-0.1, -0.05) is 32.9 Å². The van der Waals surface area contributed by atoms with Gasteiger partial charge in [0.05, 0.1) is 11.8 Å². The van der Waals surface area contributed by atoms with E-state index in [9.17, 15) is 14.4 Å². The van der Waals surface area contributed by atoms with Gasteiger partial charge < -0.3 is 5.32 Å². The third-order valence-electron chi connectivity index (χ3n) is 7.52. The number of hydrogen-bond donors (Lipinski definition) is 1. The fourth-order valence-corrected chi connectivity index (χ4v) is 5.84. The molecule has 0 aromatic rings. The highest BCUT2D eigenvalue weighted by atomic mass is 16.2. The number of rotatable bonds is 4. The number of carbonyl (C=O) groups is 3. The van der Waals surface area contributed by atoms with Crippen molar-refractivity contribution in [2.75, 3.05) is 13.1 Å². The maximum Gasteiger partial charge on any atom is 0.233 e. The third-order valence-corrected chi connectivity index (χ3v) is 7.52. The van der Waals surface area contributed by atoms with E-state index in [1.807, 2.05) is 0 Å². The highest BCUT2D eigenvalue weighted by molar-refractivity contribution is 6.06. The zero-order valence-electron chi connectivity index (χ0n) is 16.7. The van der Waals surface area contributed by atoms with Crippen molar-refractivity contribution in [2.24, 2.45) is 40.9 Å². The molecule has 0 spiro atoms.